The third-order valence-corrected chi connectivity index (χ3v) is 5.29. The average Bonchev–Trinajstić information content (AvgIpc) is 2.78. The summed E-state index contributed by atoms with van der Waals surface area (Å²) in [6, 6.07) is 19.5. The minimum absolute atomic E-state index is 0.0556. The number of benzene rings is 3. The van der Waals surface area contributed by atoms with Crippen molar-refractivity contribution in [2.45, 2.75) is 0 Å². The molecule has 0 bridgehead atoms. The van der Waals surface area contributed by atoms with Crippen molar-refractivity contribution in [3.05, 3.63) is 99.6 Å². The number of rotatable bonds is 4. The summed E-state index contributed by atoms with van der Waals surface area (Å²) < 4.78 is 0. The van der Waals surface area contributed by atoms with Crippen LogP contribution in [0.4, 0.5) is 23.0 Å². The number of carbonyl (C=O) groups is 2. The number of carbonyl (C=O) groups excluding carboxylic acids is 2. The molecule has 0 atom stereocenters. The molecule has 0 unspecified atom stereocenters. The molecule has 0 radical (unpaired) electrons. The van der Waals surface area contributed by atoms with Gasteiger partial charge in [-0.25, -0.2) is 0 Å². The number of anilines is 4. The monoisotopic (exact) mass is 461 g/mol. The van der Waals surface area contributed by atoms with E-state index in [-0.39, 0.29) is 39.2 Å². The number of halogens is 2. The Morgan fingerprint density at radius 1 is 0.594 bits per heavy atom. The van der Waals surface area contributed by atoms with Gasteiger partial charge in [0.25, 0.3) is 0 Å². The van der Waals surface area contributed by atoms with Crippen LogP contribution in [0, 0.1) is 0 Å². The Morgan fingerprint density at radius 3 is 1.66 bits per heavy atom. The summed E-state index contributed by atoms with van der Waals surface area (Å²) in [7, 11) is 0. The van der Waals surface area contributed by atoms with E-state index in [2.05, 4.69) is 25.6 Å². The zero-order valence-electron chi connectivity index (χ0n) is 16.3. The topological polar surface area (TPSA) is 96.9 Å². The normalized spacial score (nSPS) is 12.2. The van der Waals surface area contributed by atoms with Crippen LogP contribution < -0.4 is 10.6 Å². The van der Waals surface area contributed by atoms with Crippen molar-refractivity contribution >= 4 is 57.8 Å². The van der Waals surface area contributed by atoms with Crippen molar-refractivity contribution in [3.63, 3.8) is 0 Å². The predicted octanol–water partition coefficient (Wildman–Crippen LogP) is 5.44. The molecule has 7 nitrogen and oxygen atoms in total. The van der Waals surface area contributed by atoms with Gasteiger partial charge in [-0.05, 0) is 47.5 Å². The molecule has 32 heavy (non-hydrogen) atoms. The molecule has 0 fully saturated rings. The van der Waals surface area contributed by atoms with E-state index in [1.807, 2.05) is 30.3 Å². The van der Waals surface area contributed by atoms with E-state index in [0.29, 0.717) is 22.5 Å². The number of nitrogens with zero attached hydrogens (tertiary/aromatic N) is 3. The summed E-state index contributed by atoms with van der Waals surface area (Å²) in [5.74, 6) is -0.496. The smallest absolute Gasteiger partial charge is 0.232 e. The molecule has 5 rings (SSSR count). The van der Waals surface area contributed by atoms with Gasteiger partial charge >= 0.3 is 0 Å². The second kappa shape index (κ2) is 8.03. The first kappa shape index (κ1) is 20.1. The van der Waals surface area contributed by atoms with Gasteiger partial charge in [0.15, 0.2) is 11.6 Å². The van der Waals surface area contributed by atoms with Gasteiger partial charge in [-0.15, -0.1) is 0 Å². The van der Waals surface area contributed by atoms with Gasteiger partial charge in [-0.3, -0.25) is 9.59 Å². The molecular formula is C23H13Cl2N5O2. The lowest BCUT2D eigenvalue weighted by Crippen LogP contribution is -2.23. The Hall–Kier alpha value is -3.81. The molecule has 0 saturated carbocycles. The van der Waals surface area contributed by atoms with Gasteiger partial charge in [0.1, 0.15) is 0 Å². The van der Waals surface area contributed by atoms with Crippen molar-refractivity contribution in [3.8, 4) is 0 Å². The summed E-state index contributed by atoms with van der Waals surface area (Å²) in [5.41, 5.74) is 2.80. The quantitative estimate of drug-likeness (QED) is 0.367. The largest absolute Gasteiger partial charge is 0.355 e. The maximum absolute atomic E-state index is 13.5. The number of fused-ring (bicyclic) bond motifs is 2. The summed E-state index contributed by atoms with van der Waals surface area (Å²) in [6.45, 7) is 0. The zero-order chi connectivity index (χ0) is 22.2. The van der Waals surface area contributed by atoms with E-state index >= 15 is 0 Å². The standard InChI is InChI=1S/C23H13Cl2N5O2/c24-21-28-22(25)30-23(29-21)27-16-11-10-15(26-12-6-2-1-3-7-12)17-18(16)20(32)14-9-5-4-8-13(14)19(17)31/h1-11,26H,(H,27,28,29,30). The molecular weight excluding hydrogens is 449 g/mol. The van der Waals surface area contributed by atoms with Crippen LogP contribution in [0.2, 0.25) is 10.6 Å². The first-order valence-corrected chi connectivity index (χ1v) is 10.3. The Labute approximate surface area is 192 Å². The van der Waals surface area contributed by atoms with E-state index in [0.717, 1.165) is 5.69 Å². The molecule has 0 aliphatic heterocycles. The van der Waals surface area contributed by atoms with E-state index in [1.165, 1.54) is 0 Å². The van der Waals surface area contributed by atoms with Crippen LogP contribution in [-0.4, -0.2) is 26.5 Å². The molecule has 4 aromatic rings. The Morgan fingerprint density at radius 2 is 1.09 bits per heavy atom. The Balaban J connectivity index is 1.68. The summed E-state index contributed by atoms with van der Waals surface area (Å²) >= 11 is 11.8. The highest BCUT2D eigenvalue weighted by Crippen LogP contribution is 2.38. The van der Waals surface area contributed by atoms with Crippen molar-refractivity contribution < 1.29 is 9.59 Å². The minimum atomic E-state index is -0.291. The highest BCUT2D eigenvalue weighted by Gasteiger charge is 2.34. The molecule has 1 aliphatic carbocycles. The van der Waals surface area contributed by atoms with Gasteiger partial charge in [0, 0.05) is 16.8 Å². The third kappa shape index (κ3) is 3.57. The fraction of sp³-hybridized carbons (Fsp3) is 0. The Bertz CT molecular complexity index is 1370. The first-order valence-electron chi connectivity index (χ1n) is 9.53. The van der Waals surface area contributed by atoms with E-state index in [1.54, 1.807) is 36.4 Å². The fourth-order valence-corrected chi connectivity index (χ4v) is 3.97. The third-order valence-electron chi connectivity index (χ3n) is 4.96. The van der Waals surface area contributed by atoms with Crippen LogP contribution in [0.1, 0.15) is 31.8 Å². The van der Waals surface area contributed by atoms with Crippen LogP contribution in [0.25, 0.3) is 0 Å². The van der Waals surface area contributed by atoms with E-state index in [9.17, 15) is 9.59 Å². The number of ketones is 2. The first-order chi connectivity index (χ1) is 15.5. The number of nitrogens with one attached hydrogen (secondary N) is 2. The molecule has 156 valence electrons. The van der Waals surface area contributed by atoms with Crippen molar-refractivity contribution in [2.24, 2.45) is 0 Å². The molecule has 0 spiro atoms. The Kier molecular flexibility index (Phi) is 5.05. The van der Waals surface area contributed by atoms with Crippen LogP contribution in [0.5, 0.6) is 0 Å². The maximum Gasteiger partial charge on any atom is 0.232 e. The zero-order valence-corrected chi connectivity index (χ0v) is 17.8. The lowest BCUT2D eigenvalue weighted by atomic mass is 9.82. The summed E-state index contributed by atoms with van der Waals surface area (Å²) in [5, 5.41) is 5.99. The van der Waals surface area contributed by atoms with Crippen LogP contribution in [-0.2, 0) is 0 Å². The number of hydrogen-bond donors (Lipinski definition) is 2. The highest BCUT2D eigenvalue weighted by molar-refractivity contribution is 6.32. The summed E-state index contributed by atoms with van der Waals surface area (Å²) in [6.07, 6.45) is 0. The number of hydrogen-bond acceptors (Lipinski definition) is 7. The number of aromatic nitrogens is 3. The molecule has 2 N–H and O–H groups in total. The summed E-state index contributed by atoms with van der Waals surface area (Å²) in [4.78, 5) is 38.7. The van der Waals surface area contributed by atoms with Crippen LogP contribution >= 0.6 is 23.2 Å². The molecule has 1 heterocycles. The molecule has 9 heteroatoms. The average molecular weight is 462 g/mol. The molecule has 0 saturated heterocycles. The second-order valence-electron chi connectivity index (χ2n) is 6.93. The SMILES string of the molecule is O=C1c2ccccc2C(=O)c2c(Nc3nc(Cl)nc(Cl)n3)ccc(Nc3ccccc3)c21. The lowest BCUT2D eigenvalue weighted by Gasteiger charge is -2.23. The van der Waals surface area contributed by atoms with Crippen LogP contribution in [0.15, 0.2) is 66.7 Å². The van der Waals surface area contributed by atoms with Gasteiger partial charge in [-0.1, -0.05) is 42.5 Å². The van der Waals surface area contributed by atoms with E-state index in [4.69, 9.17) is 23.2 Å². The van der Waals surface area contributed by atoms with E-state index < -0.39 is 0 Å². The molecule has 1 aliphatic rings. The second-order valence-corrected chi connectivity index (χ2v) is 7.60. The van der Waals surface area contributed by atoms with Gasteiger partial charge in [-0.2, -0.15) is 15.0 Å². The van der Waals surface area contributed by atoms with Gasteiger partial charge in [0.2, 0.25) is 16.5 Å². The molecule has 0 amide bonds. The lowest BCUT2D eigenvalue weighted by molar-refractivity contribution is 0.0980. The highest BCUT2D eigenvalue weighted by atomic mass is 35.5. The molecule has 1 aromatic heterocycles. The van der Waals surface area contributed by atoms with Gasteiger partial charge < -0.3 is 10.6 Å². The minimum Gasteiger partial charge on any atom is -0.355 e. The predicted molar refractivity (Wildman–Crippen MR) is 123 cm³/mol. The van der Waals surface area contributed by atoms with Crippen molar-refractivity contribution in [2.75, 3.05) is 10.6 Å². The van der Waals surface area contributed by atoms with Crippen LogP contribution in [0.3, 0.4) is 0 Å². The fourth-order valence-electron chi connectivity index (χ4n) is 3.61. The van der Waals surface area contributed by atoms with Crippen molar-refractivity contribution in [1.29, 1.82) is 0 Å². The maximum atomic E-state index is 13.5. The van der Waals surface area contributed by atoms with Gasteiger partial charge in [0.05, 0.1) is 22.5 Å². The van der Waals surface area contributed by atoms with Crippen molar-refractivity contribution in [1.82, 2.24) is 15.0 Å². The number of para-hydroxylation sites is 1. The molecule has 3 aromatic carbocycles.